The monoisotopic (exact) mass is 393 g/mol. The highest BCUT2D eigenvalue weighted by atomic mass is 16.5. The van der Waals surface area contributed by atoms with E-state index in [4.69, 9.17) is 4.74 Å². The van der Waals surface area contributed by atoms with Gasteiger partial charge in [0, 0.05) is 50.3 Å². The topological polar surface area (TPSA) is 88.4 Å². The maximum absolute atomic E-state index is 12.6. The molecule has 0 saturated carbocycles. The molecule has 0 radical (unpaired) electrons. The van der Waals surface area contributed by atoms with Gasteiger partial charge in [0.25, 0.3) is 0 Å². The number of piperazine rings is 1. The highest BCUT2D eigenvalue weighted by molar-refractivity contribution is 5.89. The van der Waals surface area contributed by atoms with Crippen molar-refractivity contribution in [1.82, 2.24) is 24.6 Å². The fourth-order valence-corrected chi connectivity index (χ4v) is 3.24. The zero-order valence-corrected chi connectivity index (χ0v) is 16.4. The van der Waals surface area contributed by atoms with Crippen LogP contribution in [0.25, 0.3) is 5.82 Å². The maximum Gasteiger partial charge on any atom is 0.321 e. The normalized spacial score (nSPS) is 14.0. The van der Waals surface area contributed by atoms with Gasteiger partial charge in [0.05, 0.1) is 7.11 Å². The molecule has 1 aromatic carbocycles. The Labute approximate surface area is 168 Å². The van der Waals surface area contributed by atoms with Gasteiger partial charge in [-0.2, -0.15) is 5.10 Å². The lowest BCUT2D eigenvalue weighted by molar-refractivity contribution is 0.208. The number of rotatable bonds is 4. The summed E-state index contributed by atoms with van der Waals surface area (Å²) < 4.78 is 6.86. The molecule has 1 N–H and O–H groups in total. The largest absolute Gasteiger partial charge is 0.497 e. The number of benzene rings is 1. The Morgan fingerprint density at radius 3 is 2.45 bits per heavy atom. The van der Waals surface area contributed by atoms with Crippen molar-refractivity contribution in [2.75, 3.05) is 43.5 Å². The predicted octanol–water partition coefficient (Wildman–Crippen LogP) is 2.33. The SMILES string of the molecule is COc1ccc(NC(=O)N2CCN(c3cc(-n4cccn4)nc(C)n3)CC2)cc1. The molecule has 3 aromatic rings. The molecular weight excluding hydrogens is 370 g/mol. The summed E-state index contributed by atoms with van der Waals surface area (Å²) >= 11 is 0. The highest BCUT2D eigenvalue weighted by Gasteiger charge is 2.22. The van der Waals surface area contributed by atoms with Gasteiger partial charge < -0.3 is 19.9 Å². The number of aromatic nitrogens is 4. The van der Waals surface area contributed by atoms with Gasteiger partial charge in [0.15, 0.2) is 5.82 Å². The number of nitrogens with zero attached hydrogens (tertiary/aromatic N) is 6. The van der Waals surface area contributed by atoms with Crippen molar-refractivity contribution in [1.29, 1.82) is 0 Å². The van der Waals surface area contributed by atoms with Crippen LogP contribution in [0.3, 0.4) is 0 Å². The molecule has 1 aliphatic rings. The quantitative estimate of drug-likeness (QED) is 0.732. The molecule has 9 heteroatoms. The Bertz CT molecular complexity index is 965. The minimum atomic E-state index is -0.106. The van der Waals surface area contributed by atoms with Crippen molar-refractivity contribution in [3.63, 3.8) is 0 Å². The van der Waals surface area contributed by atoms with Crippen LogP contribution in [0, 0.1) is 6.92 Å². The summed E-state index contributed by atoms with van der Waals surface area (Å²) in [4.78, 5) is 25.5. The molecule has 2 aromatic heterocycles. The Kier molecular flexibility index (Phi) is 5.28. The van der Waals surface area contributed by atoms with Crippen molar-refractivity contribution in [2.45, 2.75) is 6.92 Å². The van der Waals surface area contributed by atoms with Gasteiger partial charge in [-0.15, -0.1) is 0 Å². The zero-order valence-electron chi connectivity index (χ0n) is 16.4. The van der Waals surface area contributed by atoms with Crippen LogP contribution in [-0.2, 0) is 0 Å². The zero-order chi connectivity index (χ0) is 20.2. The molecular formula is C20H23N7O2. The molecule has 2 amide bonds. The lowest BCUT2D eigenvalue weighted by Crippen LogP contribution is -2.50. The van der Waals surface area contributed by atoms with Crippen LogP contribution in [0.1, 0.15) is 5.82 Å². The van der Waals surface area contributed by atoms with Gasteiger partial charge >= 0.3 is 6.03 Å². The predicted molar refractivity (Wildman–Crippen MR) is 110 cm³/mol. The number of methoxy groups -OCH3 is 1. The first-order valence-corrected chi connectivity index (χ1v) is 9.43. The molecule has 9 nitrogen and oxygen atoms in total. The third kappa shape index (κ3) is 4.29. The van der Waals surface area contributed by atoms with Gasteiger partial charge in [-0.3, -0.25) is 0 Å². The van der Waals surface area contributed by atoms with Crippen LogP contribution in [0.2, 0.25) is 0 Å². The van der Waals surface area contributed by atoms with E-state index in [1.54, 1.807) is 18.0 Å². The third-order valence-corrected chi connectivity index (χ3v) is 4.78. The van der Waals surface area contributed by atoms with Crippen LogP contribution in [-0.4, -0.2) is 64.0 Å². The summed E-state index contributed by atoms with van der Waals surface area (Å²) in [6.45, 7) is 4.50. The van der Waals surface area contributed by atoms with E-state index in [1.165, 1.54) is 0 Å². The Hall–Kier alpha value is -3.62. The van der Waals surface area contributed by atoms with Crippen LogP contribution >= 0.6 is 0 Å². The second-order valence-corrected chi connectivity index (χ2v) is 6.71. The number of urea groups is 1. The fraction of sp³-hybridized carbons (Fsp3) is 0.300. The summed E-state index contributed by atoms with van der Waals surface area (Å²) in [5.41, 5.74) is 0.744. The molecule has 4 rings (SSSR count). The van der Waals surface area contributed by atoms with E-state index >= 15 is 0 Å². The number of amides is 2. The lowest BCUT2D eigenvalue weighted by atomic mass is 10.3. The third-order valence-electron chi connectivity index (χ3n) is 4.78. The van der Waals surface area contributed by atoms with Gasteiger partial charge in [0.1, 0.15) is 17.4 Å². The van der Waals surface area contributed by atoms with E-state index in [-0.39, 0.29) is 6.03 Å². The molecule has 150 valence electrons. The molecule has 1 fully saturated rings. The van der Waals surface area contributed by atoms with E-state index in [1.807, 2.05) is 54.4 Å². The second-order valence-electron chi connectivity index (χ2n) is 6.71. The molecule has 0 spiro atoms. The number of nitrogens with one attached hydrogen (secondary N) is 1. The van der Waals surface area contributed by atoms with Crippen molar-refractivity contribution in [3.8, 4) is 11.6 Å². The van der Waals surface area contributed by atoms with E-state index in [0.29, 0.717) is 32.0 Å². The molecule has 29 heavy (non-hydrogen) atoms. The number of hydrogen-bond donors (Lipinski definition) is 1. The van der Waals surface area contributed by atoms with Crippen LogP contribution < -0.4 is 15.0 Å². The van der Waals surface area contributed by atoms with Gasteiger partial charge in [-0.1, -0.05) is 0 Å². The Morgan fingerprint density at radius 1 is 1.07 bits per heavy atom. The smallest absolute Gasteiger partial charge is 0.321 e. The van der Waals surface area contributed by atoms with Crippen LogP contribution in [0.15, 0.2) is 48.8 Å². The summed E-state index contributed by atoms with van der Waals surface area (Å²) in [6.07, 6.45) is 3.57. The summed E-state index contributed by atoms with van der Waals surface area (Å²) in [5, 5.41) is 7.17. The van der Waals surface area contributed by atoms with E-state index in [2.05, 4.69) is 25.3 Å². The van der Waals surface area contributed by atoms with Gasteiger partial charge in [-0.05, 0) is 37.3 Å². The number of hydrogen-bond acceptors (Lipinski definition) is 6. The standard InChI is InChI=1S/C20H23N7O2/c1-15-22-18(14-19(23-15)27-9-3-8-21-27)25-10-12-26(13-11-25)20(28)24-16-4-6-17(29-2)7-5-16/h3-9,14H,10-13H2,1-2H3,(H,24,28). The molecule has 0 bridgehead atoms. The minimum Gasteiger partial charge on any atom is -0.497 e. The number of aryl methyl sites for hydroxylation is 1. The van der Waals surface area contributed by atoms with Gasteiger partial charge in [0.2, 0.25) is 0 Å². The molecule has 0 unspecified atom stereocenters. The lowest BCUT2D eigenvalue weighted by Gasteiger charge is -2.35. The average Bonchev–Trinajstić information content (AvgIpc) is 3.29. The van der Waals surface area contributed by atoms with E-state index in [9.17, 15) is 4.79 Å². The number of carbonyl (C=O) groups excluding carboxylic acids is 1. The molecule has 0 aliphatic carbocycles. The minimum absolute atomic E-state index is 0.106. The molecule has 1 aliphatic heterocycles. The van der Waals surface area contributed by atoms with E-state index in [0.717, 1.165) is 23.1 Å². The summed E-state index contributed by atoms with van der Waals surface area (Å²) in [5.74, 6) is 3.02. The van der Waals surface area contributed by atoms with Crippen molar-refractivity contribution in [2.24, 2.45) is 0 Å². The Morgan fingerprint density at radius 2 is 1.79 bits per heavy atom. The Balaban J connectivity index is 1.38. The fourth-order valence-electron chi connectivity index (χ4n) is 3.24. The second kappa shape index (κ2) is 8.17. The number of ether oxygens (including phenoxy) is 1. The van der Waals surface area contributed by atoms with Gasteiger partial charge in [-0.25, -0.2) is 19.4 Å². The first-order chi connectivity index (χ1) is 14.1. The van der Waals surface area contributed by atoms with Crippen molar-refractivity contribution in [3.05, 3.63) is 54.6 Å². The summed E-state index contributed by atoms with van der Waals surface area (Å²) in [6, 6.07) is 11.0. The molecule has 1 saturated heterocycles. The van der Waals surface area contributed by atoms with Crippen molar-refractivity contribution >= 4 is 17.5 Å². The number of carbonyl (C=O) groups is 1. The molecule has 3 heterocycles. The van der Waals surface area contributed by atoms with Crippen LogP contribution in [0.4, 0.5) is 16.3 Å². The summed E-state index contributed by atoms with van der Waals surface area (Å²) in [7, 11) is 1.62. The number of anilines is 2. The first-order valence-electron chi connectivity index (χ1n) is 9.43. The average molecular weight is 393 g/mol. The van der Waals surface area contributed by atoms with Crippen molar-refractivity contribution < 1.29 is 9.53 Å². The first kappa shape index (κ1) is 18.7. The van der Waals surface area contributed by atoms with Crippen LogP contribution in [0.5, 0.6) is 5.75 Å². The highest BCUT2D eigenvalue weighted by Crippen LogP contribution is 2.19. The molecule has 0 atom stereocenters. The van der Waals surface area contributed by atoms with E-state index < -0.39 is 0 Å². The maximum atomic E-state index is 12.6.